The fourth-order valence-corrected chi connectivity index (χ4v) is 2.33. The molecule has 1 atom stereocenters. The zero-order chi connectivity index (χ0) is 15.3. The number of hydrogen-bond acceptors (Lipinski definition) is 2. The number of nitrogens with zero attached hydrogens (tertiary/aromatic N) is 1. The Bertz CT molecular complexity index is 442. The van der Waals surface area contributed by atoms with Crippen molar-refractivity contribution in [3.05, 3.63) is 35.6 Å². The maximum absolute atomic E-state index is 13.7. The Morgan fingerprint density at radius 2 is 1.70 bits per heavy atom. The molecule has 0 amide bonds. The summed E-state index contributed by atoms with van der Waals surface area (Å²) in [6.07, 6.45) is 0. The number of benzene rings is 1. The molecule has 0 aliphatic heterocycles. The van der Waals surface area contributed by atoms with Gasteiger partial charge in [-0.1, -0.05) is 32.9 Å². The first-order valence-corrected chi connectivity index (χ1v) is 7.35. The van der Waals surface area contributed by atoms with Crippen molar-refractivity contribution in [3.63, 3.8) is 0 Å². The molecule has 0 aliphatic carbocycles. The van der Waals surface area contributed by atoms with Crippen LogP contribution in [0, 0.1) is 17.7 Å². The summed E-state index contributed by atoms with van der Waals surface area (Å²) >= 11 is 0. The molecule has 0 aromatic heterocycles. The molecule has 0 saturated heterocycles. The van der Waals surface area contributed by atoms with Crippen LogP contribution in [0.1, 0.15) is 45.0 Å². The molecule has 1 unspecified atom stereocenters. The number of Topliss-reactive ketones (excluding diaryl/α,β-unsaturated/α-hetero) is 1. The second kappa shape index (κ2) is 7.53. The van der Waals surface area contributed by atoms with E-state index in [0.29, 0.717) is 18.5 Å². The van der Waals surface area contributed by atoms with Crippen LogP contribution in [0.3, 0.4) is 0 Å². The van der Waals surface area contributed by atoms with Gasteiger partial charge in [-0.3, -0.25) is 9.69 Å². The Labute approximate surface area is 122 Å². The molecule has 0 N–H and O–H groups in total. The predicted octanol–water partition coefficient (Wildman–Crippen LogP) is 4.01. The van der Waals surface area contributed by atoms with Crippen molar-refractivity contribution in [2.45, 2.75) is 40.7 Å². The zero-order valence-electron chi connectivity index (χ0n) is 13.2. The van der Waals surface area contributed by atoms with Crippen LogP contribution in [0.5, 0.6) is 0 Å². The molecule has 0 fully saturated rings. The van der Waals surface area contributed by atoms with Gasteiger partial charge in [-0.05, 0) is 31.9 Å². The molecule has 1 rings (SSSR count). The van der Waals surface area contributed by atoms with E-state index in [1.54, 1.807) is 18.2 Å². The van der Waals surface area contributed by atoms with Gasteiger partial charge in [-0.15, -0.1) is 0 Å². The Balaban J connectivity index is 2.76. The minimum absolute atomic E-state index is 0.113. The maximum atomic E-state index is 13.7. The highest BCUT2D eigenvalue weighted by Crippen LogP contribution is 2.15. The normalized spacial score (nSPS) is 13.2. The van der Waals surface area contributed by atoms with Gasteiger partial charge >= 0.3 is 0 Å². The first-order valence-electron chi connectivity index (χ1n) is 7.35. The summed E-state index contributed by atoms with van der Waals surface area (Å²) in [6, 6.07) is 6.60. The third-order valence-electron chi connectivity index (χ3n) is 3.43. The molecule has 0 heterocycles. The summed E-state index contributed by atoms with van der Waals surface area (Å²) in [5.74, 6) is -0.192. The average Bonchev–Trinajstić information content (AvgIpc) is 2.37. The second-order valence-corrected chi connectivity index (χ2v) is 6.19. The Hall–Kier alpha value is -1.22. The zero-order valence-corrected chi connectivity index (χ0v) is 13.2. The molecular formula is C17H26FNO. The number of carbonyl (C=O) groups is 1. The van der Waals surface area contributed by atoms with Gasteiger partial charge < -0.3 is 0 Å². The molecule has 1 aromatic rings. The van der Waals surface area contributed by atoms with E-state index < -0.39 is 5.82 Å². The lowest BCUT2D eigenvalue weighted by Crippen LogP contribution is -2.39. The first-order chi connectivity index (χ1) is 9.32. The molecule has 0 aliphatic rings. The van der Waals surface area contributed by atoms with E-state index in [1.807, 2.05) is 6.92 Å². The van der Waals surface area contributed by atoms with Gasteiger partial charge in [0.25, 0.3) is 0 Å². The minimum Gasteiger partial charge on any atom is -0.300 e. The Morgan fingerprint density at radius 1 is 1.10 bits per heavy atom. The Morgan fingerprint density at radius 3 is 2.20 bits per heavy atom. The van der Waals surface area contributed by atoms with Crippen LogP contribution in [0.25, 0.3) is 0 Å². The van der Waals surface area contributed by atoms with Crippen LogP contribution in [0.4, 0.5) is 4.39 Å². The minimum atomic E-state index is -0.427. The molecule has 0 saturated carbocycles. The lowest BCUT2D eigenvalue weighted by atomic mass is 9.97. The summed E-state index contributed by atoms with van der Waals surface area (Å²) in [5, 5.41) is 0. The van der Waals surface area contributed by atoms with Crippen molar-refractivity contribution < 1.29 is 9.18 Å². The molecule has 0 bridgehead atoms. The van der Waals surface area contributed by atoms with Crippen LogP contribution in [-0.2, 0) is 0 Å². The largest absolute Gasteiger partial charge is 0.300 e. The monoisotopic (exact) mass is 279 g/mol. The topological polar surface area (TPSA) is 20.3 Å². The number of hydrogen-bond donors (Lipinski definition) is 0. The molecule has 3 heteroatoms. The molecular weight excluding hydrogens is 253 g/mol. The van der Waals surface area contributed by atoms with Gasteiger partial charge in [0.1, 0.15) is 5.82 Å². The number of halogens is 1. The maximum Gasteiger partial charge on any atom is 0.169 e. The van der Waals surface area contributed by atoms with Gasteiger partial charge in [0.15, 0.2) is 5.78 Å². The van der Waals surface area contributed by atoms with E-state index in [4.69, 9.17) is 0 Å². The number of ketones is 1. The Kier molecular flexibility index (Phi) is 6.34. The highest BCUT2D eigenvalue weighted by atomic mass is 19.1. The van der Waals surface area contributed by atoms with Crippen LogP contribution in [-0.4, -0.2) is 29.8 Å². The van der Waals surface area contributed by atoms with Crippen molar-refractivity contribution >= 4 is 5.78 Å². The van der Waals surface area contributed by atoms with E-state index in [-0.39, 0.29) is 17.3 Å². The predicted molar refractivity (Wildman–Crippen MR) is 81.4 cm³/mol. The van der Waals surface area contributed by atoms with Gasteiger partial charge in [0.05, 0.1) is 5.56 Å². The summed E-state index contributed by atoms with van der Waals surface area (Å²) in [7, 11) is 0. The lowest BCUT2D eigenvalue weighted by molar-refractivity contribution is 0.0863. The summed E-state index contributed by atoms with van der Waals surface area (Å²) in [4.78, 5) is 14.6. The fraction of sp³-hybridized carbons (Fsp3) is 0.588. The number of carbonyl (C=O) groups excluding carboxylic acids is 1. The van der Waals surface area contributed by atoms with Crippen molar-refractivity contribution in [1.82, 2.24) is 4.90 Å². The van der Waals surface area contributed by atoms with Crippen LogP contribution < -0.4 is 0 Å². The first kappa shape index (κ1) is 16.8. The van der Waals surface area contributed by atoms with Crippen LogP contribution >= 0.6 is 0 Å². The summed E-state index contributed by atoms with van der Waals surface area (Å²) < 4.78 is 13.7. The molecule has 0 spiro atoms. The average molecular weight is 279 g/mol. The van der Waals surface area contributed by atoms with Gasteiger partial charge in [0, 0.05) is 25.0 Å². The fourth-order valence-electron chi connectivity index (χ4n) is 2.33. The van der Waals surface area contributed by atoms with Gasteiger partial charge in [-0.2, -0.15) is 0 Å². The van der Waals surface area contributed by atoms with E-state index in [0.717, 1.165) is 6.54 Å². The third kappa shape index (κ3) is 4.71. The summed E-state index contributed by atoms with van der Waals surface area (Å²) in [5.41, 5.74) is 0.202. The van der Waals surface area contributed by atoms with Crippen LogP contribution in [0.2, 0.25) is 0 Å². The SMILES string of the molecule is CC(C)CN(CC(C)C(=O)c1ccccc1F)C(C)C. The molecule has 0 radical (unpaired) electrons. The van der Waals surface area contributed by atoms with Crippen molar-refractivity contribution in [3.8, 4) is 0 Å². The number of rotatable bonds is 7. The quantitative estimate of drug-likeness (QED) is 0.703. The smallest absolute Gasteiger partial charge is 0.169 e. The van der Waals surface area contributed by atoms with E-state index in [2.05, 4.69) is 32.6 Å². The van der Waals surface area contributed by atoms with Gasteiger partial charge in [0.2, 0.25) is 0 Å². The molecule has 1 aromatic carbocycles. The van der Waals surface area contributed by atoms with E-state index in [1.165, 1.54) is 6.07 Å². The second-order valence-electron chi connectivity index (χ2n) is 6.19. The third-order valence-corrected chi connectivity index (χ3v) is 3.43. The van der Waals surface area contributed by atoms with Crippen molar-refractivity contribution in [2.75, 3.05) is 13.1 Å². The standard InChI is InChI=1S/C17H26FNO/c1-12(2)10-19(13(3)4)11-14(5)17(20)15-8-6-7-9-16(15)18/h6-9,12-14H,10-11H2,1-5H3. The summed E-state index contributed by atoms with van der Waals surface area (Å²) in [6.45, 7) is 12.1. The van der Waals surface area contributed by atoms with Crippen LogP contribution in [0.15, 0.2) is 24.3 Å². The van der Waals surface area contributed by atoms with Crippen molar-refractivity contribution in [1.29, 1.82) is 0 Å². The molecule has 112 valence electrons. The molecule has 20 heavy (non-hydrogen) atoms. The molecule has 2 nitrogen and oxygen atoms in total. The van der Waals surface area contributed by atoms with Crippen molar-refractivity contribution in [2.24, 2.45) is 11.8 Å². The van der Waals surface area contributed by atoms with E-state index >= 15 is 0 Å². The highest BCUT2D eigenvalue weighted by Gasteiger charge is 2.22. The van der Waals surface area contributed by atoms with Gasteiger partial charge in [-0.25, -0.2) is 4.39 Å². The van der Waals surface area contributed by atoms with E-state index in [9.17, 15) is 9.18 Å². The highest BCUT2D eigenvalue weighted by molar-refractivity contribution is 5.98. The lowest BCUT2D eigenvalue weighted by Gasteiger charge is -2.30.